The number of carbonyl (C=O) groups is 3. The highest BCUT2D eigenvalue weighted by atomic mass is 16.6. The smallest absolute Gasteiger partial charge is 0.302 e. The van der Waals surface area contributed by atoms with Gasteiger partial charge < -0.3 is 14.2 Å². The molecule has 2 saturated carbocycles. The maximum atomic E-state index is 13.6. The molecule has 0 spiro atoms. The van der Waals surface area contributed by atoms with Gasteiger partial charge in [0.25, 0.3) is 0 Å². The number of ketones is 1. The Morgan fingerprint density at radius 2 is 1.73 bits per heavy atom. The van der Waals surface area contributed by atoms with Crippen LogP contribution < -0.4 is 0 Å². The highest BCUT2D eigenvalue weighted by Crippen LogP contribution is 2.64. The largest absolute Gasteiger partial charge is 0.465 e. The van der Waals surface area contributed by atoms with Crippen LogP contribution in [0.2, 0.25) is 0 Å². The van der Waals surface area contributed by atoms with Crippen LogP contribution in [-0.2, 0) is 28.6 Å². The number of carbonyl (C=O) groups excluding carboxylic acids is 3. The topological polar surface area (TPSA) is 78.9 Å². The quantitative estimate of drug-likeness (QED) is 0.494. The fourth-order valence-corrected chi connectivity index (χ4v) is 6.95. The zero-order valence-electron chi connectivity index (χ0n) is 19.0. The molecule has 1 saturated heterocycles. The van der Waals surface area contributed by atoms with Crippen molar-refractivity contribution in [2.75, 3.05) is 13.2 Å². The standard InChI is InChI=1S/C24H36O6/c1-7-24(15-29-17(3)26)12-9-19-22(5)11-8-10-21(4,14-28-16(2)25)20(22)18(27)13-23(19,6)30-24/h7,19-20H,1,8-15H2,2-6H3/t19-,20+,21-,22+,23+,24+/m1/s1. The minimum absolute atomic E-state index is 0.118. The predicted octanol–water partition coefficient (Wildman–Crippen LogP) is 4.01. The SMILES string of the molecule is C=C[C@@]1(COC(C)=O)CC[C@@H]2[C@]3(C)CCC[C@](C)(COC(C)=O)[C@@H]3C(=O)C[C@]2(C)O1. The molecular weight excluding hydrogens is 384 g/mol. The Hall–Kier alpha value is -1.69. The van der Waals surface area contributed by atoms with Crippen molar-refractivity contribution < 1.29 is 28.6 Å². The third kappa shape index (κ3) is 3.83. The summed E-state index contributed by atoms with van der Waals surface area (Å²) in [6.45, 7) is 13.5. The van der Waals surface area contributed by atoms with Crippen molar-refractivity contribution in [3.8, 4) is 0 Å². The van der Waals surface area contributed by atoms with Crippen LogP contribution >= 0.6 is 0 Å². The number of hydrogen-bond donors (Lipinski definition) is 0. The normalized spacial score (nSPS) is 43.2. The Morgan fingerprint density at radius 1 is 1.10 bits per heavy atom. The molecule has 6 nitrogen and oxygen atoms in total. The van der Waals surface area contributed by atoms with Gasteiger partial charge in [-0.05, 0) is 43.9 Å². The fraction of sp³-hybridized carbons (Fsp3) is 0.792. The minimum Gasteiger partial charge on any atom is -0.465 e. The Morgan fingerprint density at radius 3 is 2.33 bits per heavy atom. The van der Waals surface area contributed by atoms with Crippen LogP contribution in [0.25, 0.3) is 0 Å². The molecule has 0 aromatic heterocycles. The van der Waals surface area contributed by atoms with Gasteiger partial charge in [-0.25, -0.2) is 0 Å². The van der Waals surface area contributed by atoms with Crippen molar-refractivity contribution in [1.29, 1.82) is 0 Å². The van der Waals surface area contributed by atoms with E-state index in [0.717, 1.165) is 25.7 Å². The van der Waals surface area contributed by atoms with E-state index < -0.39 is 11.2 Å². The molecule has 0 aromatic carbocycles. The first-order chi connectivity index (χ1) is 13.9. The molecule has 6 atom stereocenters. The molecule has 2 aliphatic carbocycles. The number of ether oxygens (including phenoxy) is 3. The van der Waals surface area contributed by atoms with E-state index in [4.69, 9.17) is 14.2 Å². The van der Waals surface area contributed by atoms with Crippen LogP contribution in [0.5, 0.6) is 0 Å². The number of hydrogen-bond acceptors (Lipinski definition) is 6. The second-order valence-electron chi connectivity index (χ2n) is 10.4. The average molecular weight is 421 g/mol. The molecule has 30 heavy (non-hydrogen) atoms. The van der Waals surface area contributed by atoms with Gasteiger partial charge >= 0.3 is 11.9 Å². The summed E-state index contributed by atoms with van der Waals surface area (Å²) in [7, 11) is 0. The van der Waals surface area contributed by atoms with Gasteiger partial charge in [-0.1, -0.05) is 26.3 Å². The van der Waals surface area contributed by atoms with E-state index in [1.165, 1.54) is 13.8 Å². The second kappa shape index (κ2) is 7.77. The van der Waals surface area contributed by atoms with E-state index in [0.29, 0.717) is 12.8 Å². The molecule has 1 aliphatic heterocycles. The fourth-order valence-electron chi connectivity index (χ4n) is 6.95. The Balaban J connectivity index is 1.92. The molecule has 1 heterocycles. The van der Waals surface area contributed by atoms with Crippen LogP contribution in [0, 0.1) is 22.7 Å². The molecule has 3 fully saturated rings. The molecule has 0 amide bonds. The second-order valence-corrected chi connectivity index (χ2v) is 10.4. The van der Waals surface area contributed by atoms with Crippen molar-refractivity contribution in [2.45, 2.75) is 84.3 Å². The van der Waals surface area contributed by atoms with Crippen molar-refractivity contribution in [3.63, 3.8) is 0 Å². The molecule has 168 valence electrons. The van der Waals surface area contributed by atoms with Crippen LogP contribution in [0.15, 0.2) is 12.7 Å². The highest BCUT2D eigenvalue weighted by Gasteiger charge is 2.66. The molecule has 0 aromatic rings. The lowest BCUT2D eigenvalue weighted by molar-refractivity contribution is -0.258. The zero-order chi connectivity index (χ0) is 22.4. The number of esters is 2. The van der Waals surface area contributed by atoms with Crippen molar-refractivity contribution >= 4 is 17.7 Å². The first-order valence-electron chi connectivity index (χ1n) is 11.0. The van der Waals surface area contributed by atoms with Gasteiger partial charge in [-0.3, -0.25) is 14.4 Å². The third-order valence-electron chi connectivity index (χ3n) is 7.99. The Labute approximate surface area is 179 Å². The molecule has 0 bridgehead atoms. The monoisotopic (exact) mass is 420 g/mol. The first kappa shape index (κ1) is 23.0. The maximum absolute atomic E-state index is 13.6. The summed E-state index contributed by atoms with van der Waals surface area (Å²) in [6, 6.07) is 0. The average Bonchev–Trinajstić information content (AvgIpc) is 2.63. The van der Waals surface area contributed by atoms with E-state index in [1.807, 2.05) is 6.92 Å². The predicted molar refractivity (Wildman–Crippen MR) is 112 cm³/mol. The minimum atomic E-state index is -0.768. The summed E-state index contributed by atoms with van der Waals surface area (Å²) in [5.74, 6) is -0.455. The Kier molecular flexibility index (Phi) is 5.96. The lowest BCUT2D eigenvalue weighted by Crippen LogP contribution is -2.67. The van der Waals surface area contributed by atoms with Crippen LogP contribution in [-0.4, -0.2) is 42.1 Å². The van der Waals surface area contributed by atoms with Gasteiger partial charge in [-0.15, -0.1) is 6.58 Å². The van der Waals surface area contributed by atoms with Crippen LogP contribution in [0.4, 0.5) is 0 Å². The van der Waals surface area contributed by atoms with Gasteiger partial charge in [0.2, 0.25) is 0 Å². The van der Waals surface area contributed by atoms with Crippen molar-refractivity contribution in [2.24, 2.45) is 22.7 Å². The van der Waals surface area contributed by atoms with Gasteiger partial charge in [0, 0.05) is 31.6 Å². The molecule has 6 heteroatoms. The maximum Gasteiger partial charge on any atom is 0.302 e. The molecule has 0 unspecified atom stereocenters. The summed E-state index contributed by atoms with van der Waals surface area (Å²) >= 11 is 0. The van der Waals surface area contributed by atoms with Crippen molar-refractivity contribution in [3.05, 3.63) is 12.7 Å². The van der Waals surface area contributed by atoms with E-state index in [-0.39, 0.29) is 53.6 Å². The lowest BCUT2D eigenvalue weighted by atomic mass is 9.43. The molecular formula is C24H36O6. The van der Waals surface area contributed by atoms with Gasteiger partial charge in [0.05, 0.1) is 12.2 Å². The van der Waals surface area contributed by atoms with Gasteiger partial charge in [-0.2, -0.15) is 0 Å². The van der Waals surface area contributed by atoms with Crippen molar-refractivity contribution in [1.82, 2.24) is 0 Å². The van der Waals surface area contributed by atoms with E-state index in [9.17, 15) is 14.4 Å². The van der Waals surface area contributed by atoms with E-state index >= 15 is 0 Å². The summed E-state index contributed by atoms with van der Waals surface area (Å²) in [5.41, 5.74) is -2.00. The molecule has 3 aliphatic rings. The summed E-state index contributed by atoms with van der Waals surface area (Å²) < 4.78 is 17.3. The number of rotatable bonds is 5. The molecule has 3 rings (SSSR count). The summed E-state index contributed by atoms with van der Waals surface area (Å²) in [5, 5.41) is 0. The molecule has 0 radical (unpaired) electrons. The number of fused-ring (bicyclic) bond motifs is 3. The summed E-state index contributed by atoms with van der Waals surface area (Å²) in [6.07, 6.45) is 6.41. The zero-order valence-corrected chi connectivity index (χ0v) is 19.0. The lowest BCUT2D eigenvalue weighted by Gasteiger charge is -2.64. The van der Waals surface area contributed by atoms with E-state index in [1.54, 1.807) is 6.08 Å². The van der Waals surface area contributed by atoms with Crippen LogP contribution in [0.1, 0.15) is 73.1 Å². The Bertz CT molecular complexity index is 746. The van der Waals surface area contributed by atoms with Gasteiger partial charge in [0.1, 0.15) is 18.0 Å². The molecule has 0 N–H and O–H groups in total. The summed E-state index contributed by atoms with van der Waals surface area (Å²) in [4.78, 5) is 36.4. The number of Topliss-reactive ketones (excluding diaryl/α,β-unsaturated/α-hetero) is 1. The van der Waals surface area contributed by atoms with Crippen LogP contribution in [0.3, 0.4) is 0 Å². The first-order valence-corrected chi connectivity index (χ1v) is 11.0. The third-order valence-corrected chi connectivity index (χ3v) is 7.99. The van der Waals surface area contributed by atoms with E-state index in [2.05, 4.69) is 20.4 Å². The van der Waals surface area contributed by atoms with Gasteiger partial charge in [0.15, 0.2) is 0 Å². The highest BCUT2D eigenvalue weighted by molar-refractivity contribution is 5.85.